The molecule has 1 aliphatic carbocycles. The van der Waals surface area contributed by atoms with Crippen molar-refractivity contribution in [2.75, 3.05) is 27.3 Å². The summed E-state index contributed by atoms with van der Waals surface area (Å²) in [5, 5.41) is 0. The van der Waals surface area contributed by atoms with Gasteiger partial charge in [-0.15, -0.1) is 0 Å². The molecule has 2 rings (SSSR count). The third kappa shape index (κ3) is 3.81. The van der Waals surface area contributed by atoms with Crippen LogP contribution in [-0.2, 0) is 8.85 Å². The topological polar surface area (TPSA) is 21.7 Å². The first-order chi connectivity index (χ1) is 9.19. The minimum absolute atomic E-state index is 0.578. The fourth-order valence-electron chi connectivity index (χ4n) is 3.72. The third-order valence-corrected chi connectivity index (χ3v) is 8.81. The van der Waals surface area contributed by atoms with Gasteiger partial charge >= 0.3 is 8.56 Å². The SMILES string of the molecule is CO[Si](C)(OC)C1CCN1CCCC1CCCCC1. The highest BCUT2D eigenvalue weighted by molar-refractivity contribution is 6.67. The van der Waals surface area contributed by atoms with E-state index >= 15 is 0 Å². The molecular formula is C15H31NO2Si. The van der Waals surface area contributed by atoms with Crippen molar-refractivity contribution in [2.45, 2.75) is 63.6 Å². The van der Waals surface area contributed by atoms with Crippen LogP contribution < -0.4 is 0 Å². The Morgan fingerprint density at radius 1 is 1.05 bits per heavy atom. The fourth-order valence-corrected chi connectivity index (χ4v) is 6.00. The quantitative estimate of drug-likeness (QED) is 0.670. The van der Waals surface area contributed by atoms with E-state index in [1.165, 1.54) is 64.5 Å². The van der Waals surface area contributed by atoms with Gasteiger partial charge in [0.1, 0.15) is 0 Å². The molecule has 0 bridgehead atoms. The average molecular weight is 286 g/mol. The molecule has 0 aromatic rings. The van der Waals surface area contributed by atoms with Gasteiger partial charge in [-0.1, -0.05) is 32.1 Å². The Kier molecular flexibility index (Phi) is 5.87. The minimum Gasteiger partial charge on any atom is -0.397 e. The Bertz CT molecular complexity index is 265. The van der Waals surface area contributed by atoms with Crippen molar-refractivity contribution in [1.29, 1.82) is 0 Å². The zero-order valence-electron chi connectivity index (χ0n) is 13.0. The normalized spacial score (nSPS) is 26.4. The monoisotopic (exact) mass is 285 g/mol. The van der Waals surface area contributed by atoms with E-state index in [1.807, 2.05) is 14.2 Å². The van der Waals surface area contributed by atoms with Crippen molar-refractivity contribution < 1.29 is 8.85 Å². The molecule has 2 fully saturated rings. The Morgan fingerprint density at radius 3 is 2.26 bits per heavy atom. The van der Waals surface area contributed by atoms with Crippen LogP contribution in [0.2, 0.25) is 6.55 Å². The molecule has 3 nitrogen and oxygen atoms in total. The van der Waals surface area contributed by atoms with Gasteiger partial charge in [-0.25, -0.2) is 0 Å². The summed E-state index contributed by atoms with van der Waals surface area (Å²) in [6, 6.07) is 0. The number of likely N-dealkylation sites (tertiary alicyclic amines) is 1. The second-order valence-electron chi connectivity index (χ2n) is 6.41. The van der Waals surface area contributed by atoms with Gasteiger partial charge in [-0.2, -0.15) is 0 Å². The lowest BCUT2D eigenvalue weighted by molar-refractivity contribution is 0.0868. The van der Waals surface area contributed by atoms with Gasteiger partial charge in [0.15, 0.2) is 0 Å². The van der Waals surface area contributed by atoms with Gasteiger partial charge in [-0.05, 0) is 44.8 Å². The van der Waals surface area contributed by atoms with E-state index in [0.29, 0.717) is 5.67 Å². The van der Waals surface area contributed by atoms with E-state index in [9.17, 15) is 0 Å². The molecule has 1 atom stereocenters. The summed E-state index contributed by atoms with van der Waals surface area (Å²) in [5.41, 5.74) is 0.578. The molecule has 0 aromatic heterocycles. The van der Waals surface area contributed by atoms with E-state index in [4.69, 9.17) is 8.85 Å². The van der Waals surface area contributed by atoms with Crippen molar-refractivity contribution in [3.05, 3.63) is 0 Å². The standard InChI is InChI=1S/C15H31NO2Si/c1-17-19(3,18-2)15-11-13-16(15)12-7-10-14-8-5-4-6-9-14/h14-15H,4-13H2,1-3H3. The maximum absolute atomic E-state index is 5.69. The van der Waals surface area contributed by atoms with Gasteiger partial charge in [0.25, 0.3) is 0 Å². The largest absolute Gasteiger partial charge is 0.397 e. The molecule has 19 heavy (non-hydrogen) atoms. The van der Waals surface area contributed by atoms with Crippen LogP contribution in [0.15, 0.2) is 0 Å². The molecule has 2 aliphatic rings. The zero-order chi connectivity index (χ0) is 13.7. The summed E-state index contributed by atoms with van der Waals surface area (Å²) in [4.78, 5) is 2.60. The highest BCUT2D eigenvalue weighted by Gasteiger charge is 2.47. The lowest BCUT2D eigenvalue weighted by atomic mass is 9.86. The molecule has 4 heteroatoms. The van der Waals surface area contributed by atoms with Crippen molar-refractivity contribution in [3.63, 3.8) is 0 Å². The van der Waals surface area contributed by atoms with Crippen LogP contribution in [0.25, 0.3) is 0 Å². The molecule has 0 spiro atoms. The highest BCUT2D eigenvalue weighted by atomic mass is 28.4. The molecule has 1 saturated heterocycles. The van der Waals surface area contributed by atoms with Gasteiger partial charge in [-0.3, -0.25) is 4.90 Å². The molecule has 1 unspecified atom stereocenters. The molecule has 1 saturated carbocycles. The van der Waals surface area contributed by atoms with E-state index in [0.717, 1.165) is 5.92 Å². The molecule has 1 heterocycles. The number of hydrogen-bond donors (Lipinski definition) is 0. The molecule has 0 N–H and O–H groups in total. The summed E-state index contributed by atoms with van der Waals surface area (Å²) in [5.74, 6) is 1.02. The van der Waals surface area contributed by atoms with E-state index in [1.54, 1.807) is 0 Å². The lowest BCUT2D eigenvalue weighted by Gasteiger charge is -2.47. The Balaban J connectivity index is 1.68. The van der Waals surface area contributed by atoms with Crippen LogP contribution in [0.5, 0.6) is 0 Å². The number of nitrogens with zero attached hydrogens (tertiary/aromatic N) is 1. The van der Waals surface area contributed by atoms with Crippen LogP contribution in [0.4, 0.5) is 0 Å². The number of hydrogen-bond acceptors (Lipinski definition) is 3. The predicted molar refractivity (Wildman–Crippen MR) is 81.4 cm³/mol. The van der Waals surface area contributed by atoms with Crippen LogP contribution in [0.1, 0.15) is 51.4 Å². The number of rotatable bonds is 7. The maximum atomic E-state index is 5.69. The van der Waals surface area contributed by atoms with Crippen LogP contribution >= 0.6 is 0 Å². The summed E-state index contributed by atoms with van der Waals surface area (Å²) >= 11 is 0. The minimum atomic E-state index is -1.94. The van der Waals surface area contributed by atoms with Crippen LogP contribution in [0, 0.1) is 5.92 Å². The van der Waals surface area contributed by atoms with Crippen molar-refractivity contribution in [3.8, 4) is 0 Å². The maximum Gasteiger partial charge on any atom is 0.352 e. The van der Waals surface area contributed by atoms with Crippen molar-refractivity contribution in [1.82, 2.24) is 4.90 Å². The third-order valence-electron chi connectivity index (χ3n) is 5.33. The highest BCUT2D eigenvalue weighted by Crippen LogP contribution is 2.30. The second-order valence-corrected chi connectivity index (χ2v) is 9.93. The van der Waals surface area contributed by atoms with Crippen molar-refractivity contribution >= 4 is 8.56 Å². The van der Waals surface area contributed by atoms with E-state index in [-0.39, 0.29) is 0 Å². The molecule has 0 amide bonds. The summed E-state index contributed by atoms with van der Waals surface area (Å²) in [7, 11) is 1.69. The molecule has 0 aromatic carbocycles. The van der Waals surface area contributed by atoms with Crippen molar-refractivity contribution in [2.24, 2.45) is 5.92 Å². The summed E-state index contributed by atoms with van der Waals surface area (Å²) in [6.45, 7) is 4.69. The smallest absolute Gasteiger partial charge is 0.352 e. The lowest BCUT2D eigenvalue weighted by Crippen LogP contribution is -2.65. The average Bonchev–Trinajstić information content (AvgIpc) is 2.43. The zero-order valence-corrected chi connectivity index (χ0v) is 14.0. The second kappa shape index (κ2) is 7.20. The summed E-state index contributed by atoms with van der Waals surface area (Å²) in [6.07, 6.45) is 11.4. The predicted octanol–water partition coefficient (Wildman–Crippen LogP) is 3.33. The first kappa shape index (κ1) is 15.5. The summed E-state index contributed by atoms with van der Waals surface area (Å²) < 4.78 is 11.4. The van der Waals surface area contributed by atoms with Gasteiger partial charge in [0.05, 0.1) is 5.67 Å². The first-order valence-corrected chi connectivity index (χ1v) is 10.4. The fraction of sp³-hybridized carbons (Fsp3) is 1.00. The Hall–Kier alpha value is 0.0969. The van der Waals surface area contributed by atoms with E-state index < -0.39 is 8.56 Å². The van der Waals surface area contributed by atoms with Gasteiger partial charge < -0.3 is 8.85 Å². The van der Waals surface area contributed by atoms with E-state index in [2.05, 4.69) is 11.4 Å². The Labute approximate surface area is 119 Å². The Morgan fingerprint density at radius 2 is 1.74 bits per heavy atom. The molecule has 1 aliphatic heterocycles. The first-order valence-electron chi connectivity index (χ1n) is 8.04. The molecule has 112 valence electrons. The van der Waals surface area contributed by atoms with Crippen LogP contribution in [0.3, 0.4) is 0 Å². The van der Waals surface area contributed by atoms with Gasteiger partial charge in [0, 0.05) is 14.2 Å². The molecular weight excluding hydrogens is 254 g/mol. The van der Waals surface area contributed by atoms with Crippen LogP contribution in [-0.4, -0.2) is 46.4 Å². The molecule has 0 radical (unpaired) electrons. The van der Waals surface area contributed by atoms with Gasteiger partial charge in [0.2, 0.25) is 0 Å².